The first-order valence-electron chi connectivity index (χ1n) is 7.93. The lowest BCUT2D eigenvalue weighted by molar-refractivity contribution is 0.0955. The van der Waals surface area contributed by atoms with Gasteiger partial charge in [-0.05, 0) is 30.5 Å². The summed E-state index contributed by atoms with van der Waals surface area (Å²) in [4.78, 5) is 12.4. The Labute approximate surface area is 143 Å². The molecule has 0 unspecified atom stereocenters. The largest absolute Gasteiger partial charge is 0.352 e. The quantitative estimate of drug-likeness (QED) is 0.772. The minimum absolute atomic E-state index is 0.0248. The number of carbonyl (C=O) groups excluding carboxylic acids is 1. The van der Waals surface area contributed by atoms with E-state index in [4.69, 9.17) is 0 Å². The molecule has 0 spiro atoms. The molecule has 2 aromatic rings. The molecule has 5 nitrogen and oxygen atoms in total. The summed E-state index contributed by atoms with van der Waals surface area (Å²) in [5.41, 5.74) is 1.77. The van der Waals surface area contributed by atoms with Crippen LogP contribution >= 0.6 is 0 Å². The number of hydrogen-bond acceptors (Lipinski definition) is 3. The molecule has 0 radical (unpaired) electrons. The van der Waals surface area contributed by atoms with Crippen LogP contribution in [0.2, 0.25) is 0 Å². The van der Waals surface area contributed by atoms with Crippen molar-refractivity contribution in [3.8, 4) is 0 Å². The van der Waals surface area contributed by atoms with Gasteiger partial charge >= 0.3 is 0 Å². The molecule has 0 fully saturated rings. The molecule has 0 aromatic heterocycles. The summed E-state index contributed by atoms with van der Waals surface area (Å²) in [5, 5.41) is 2.83. The molecule has 0 heterocycles. The van der Waals surface area contributed by atoms with Crippen LogP contribution in [0.15, 0.2) is 54.6 Å². The predicted octanol–water partition coefficient (Wildman–Crippen LogP) is 2.81. The van der Waals surface area contributed by atoms with Gasteiger partial charge in [-0.15, -0.1) is 0 Å². The molecule has 6 heteroatoms. The predicted molar refractivity (Wildman–Crippen MR) is 96.6 cm³/mol. The molecule has 0 aliphatic rings. The van der Waals surface area contributed by atoms with E-state index >= 15 is 0 Å². The van der Waals surface area contributed by atoms with Crippen molar-refractivity contribution >= 4 is 21.6 Å². The van der Waals surface area contributed by atoms with Gasteiger partial charge in [0.2, 0.25) is 10.0 Å². The normalized spacial score (nSPS) is 11.0. The Hall–Kier alpha value is -2.34. The zero-order valence-corrected chi connectivity index (χ0v) is 14.5. The van der Waals surface area contributed by atoms with E-state index in [0.29, 0.717) is 24.2 Å². The molecule has 2 aromatic carbocycles. The number of sulfonamides is 1. The first kappa shape index (κ1) is 18.0. The average Bonchev–Trinajstić information content (AvgIpc) is 2.55. The number of benzene rings is 2. The number of nitrogens with one attached hydrogen (secondary N) is 2. The van der Waals surface area contributed by atoms with Crippen LogP contribution in [0.25, 0.3) is 0 Å². The highest BCUT2D eigenvalue weighted by atomic mass is 32.2. The number of anilines is 1. The maximum atomic E-state index is 12.4. The molecule has 0 aliphatic heterocycles. The van der Waals surface area contributed by atoms with Crippen molar-refractivity contribution in [2.75, 3.05) is 17.0 Å². The van der Waals surface area contributed by atoms with Gasteiger partial charge in [0.05, 0.1) is 17.0 Å². The van der Waals surface area contributed by atoms with E-state index in [1.807, 2.05) is 30.3 Å². The fourth-order valence-electron chi connectivity index (χ4n) is 2.32. The number of rotatable bonds is 8. The molecule has 0 atom stereocenters. The highest BCUT2D eigenvalue weighted by Crippen LogP contribution is 2.17. The lowest BCUT2D eigenvalue weighted by atomic mass is 10.1. The van der Waals surface area contributed by atoms with Crippen molar-refractivity contribution in [2.45, 2.75) is 19.8 Å². The van der Waals surface area contributed by atoms with Crippen LogP contribution in [0, 0.1) is 0 Å². The minimum Gasteiger partial charge on any atom is -0.352 e. The van der Waals surface area contributed by atoms with Crippen LogP contribution in [0.5, 0.6) is 0 Å². The van der Waals surface area contributed by atoms with Crippen LogP contribution in [0.4, 0.5) is 5.69 Å². The fourth-order valence-corrected chi connectivity index (χ4v) is 3.47. The van der Waals surface area contributed by atoms with Crippen molar-refractivity contribution in [1.29, 1.82) is 0 Å². The van der Waals surface area contributed by atoms with Crippen LogP contribution in [-0.2, 0) is 16.4 Å². The monoisotopic (exact) mass is 346 g/mol. The van der Waals surface area contributed by atoms with E-state index in [0.717, 1.165) is 12.0 Å². The lowest BCUT2D eigenvalue weighted by Gasteiger charge is -2.12. The Balaban J connectivity index is 2.01. The smallest absolute Gasteiger partial charge is 0.253 e. The van der Waals surface area contributed by atoms with E-state index in [-0.39, 0.29) is 11.7 Å². The first-order chi connectivity index (χ1) is 11.5. The number of para-hydroxylation sites is 1. The van der Waals surface area contributed by atoms with Gasteiger partial charge in [-0.2, -0.15) is 0 Å². The third-order valence-corrected chi connectivity index (χ3v) is 4.93. The average molecular weight is 346 g/mol. The van der Waals surface area contributed by atoms with Gasteiger partial charge in [-0.3, -0.25) is 9.52 Å². The molecule has 0 saturated carbocycles. The van der Waals surface area contributed by atoms with Crippen molar-refractivity contribution in [1.82, 2.24) is 5.32 Å². The standard InChI is InChI=1S/C18H22N2O3S/c1-2-14-24(22,23)20-17-11-7-6-10-16(17)18(21)19-13-12-15-8-4-3-5-9-15/h3-11,20H,2,12-14H2,1H3,(H,19,21). The molecule has 0 bridgehead atoms. The molecule has 0 saturated heterocycles. The van der Waals surface area contributed by atoms with Gasteiger partial charge in [-0.25, -0.2) is 8.42 Å². The number of carbonyl (C=O) groups is 1. The highest BCUT2D eigenvalue weighted by molar-refractivity contribution is 7.92. The zero-order chi connectivity index (χ0) is 17.4. The summed E-state index contributed by atoms with van der Waals surface area (Å²) in [7, 11) is -3.43. The van der Waals surface area contributed by atoms with Crippen molar-refractivity contribution in [2.24, 2.45) is 0 Å². The molecular weight excluding hydrogens is 324 g/mol. The Morgan fingerprint density at radius 1 is 1.00 bits per heavy atom. The second-order valence-electron chi connectivity index (χ2n) is 5.46. The van der Waals surface area contributed by atoms with Crippen molar-refractivity contribution < 1.29 is 13.2 Å². The Morgan fingerprint density at radius 2 is 1.67 bits per heavy atom. The summed E-state index contributed by atoms with van der Waals surface area (Å²) in [5.74, 6) is -0.266. The van der Waals surface area contributed by atoms with Crippen molar-refractivity contribution in [3.05, 3.63) is 65.7 Å². The van der Waals surface area contributed by atoms with Gasteiger partial charge in [0.1, 0.15) is 0 Å². The third-order valence-electron chi connectivity index (χ3n) is 3.45. The molecule has 0 aliphatic carbocycles. The first-order valence-corrected chi connectivity index (χ1v) is 9.58. The van der Waals surface area contributed by atoms with E-state index in [9.17, 15) is 13.2 Å². The summed E-state index contributed by atoms with van der Waals surface area (Å²) < 4.78 is 26.4. The van der Waals surface area contributed by atoms with Crippen LogP contribution in [0.3, 0.4) is 0 Å². The van der Waals surface area contributed by atoms with E-state index < -0.39 is 10.0 Å². The van der Waals surface area contributed by atoms with E-state index in [1.165, 1.54) is 0 Å². The van der Waals surface area contributed by atoms with E-state index in [1.54, 1.807) is 31.2 Å². The van der Waals surface area contributed by atoms with E-state index in [2.05, 4.69) is 10.0 Å². The van der Waals surface area contributed by atoms with Gasteiger partial charge < -0.3 is 5.32 Å². The Morgan fingerprint density at radius 3 is 2.38 bits per heavy atom. The van der Waals surface area contributed by atoms with Gasteiger partial charge in [-0.1, -0.05) is 49.4 Å². The van der Waals surface area contributed by atoms with Crippen LogP contribution in [0.1, 0.15) is 29.3 Å². The lowest BCUT2D eigenvalue weighted by Crippen LogP contribution is -2.27. The second kappa shape index (κ2) is 8.49. The zero-order valence-electron chi connectivity index (χ0n) is 13.7. The molecule has 1 amide bonds. The molecule has 2 N–H and O–H groups in total. The van der Waals surface area contributed by atoms with Gasteiger partial charge in [0.25, 0.3) is 5.91 Å². The Bertz CT molecular complexity index is 774. The summed E-state index contributed by atoms with van der Waals surface area (Å²) in [6, 6.07) is 16.5. The maximum absolute atomic E-state index is 12.4. The highest BCUT2D eigenvalue weighted by Gasteiger charge is 2.15. The van der Waals surface area contributed by atoms with Crippen LogP contribution < -0.4 is 10.0 Å². The maximum Gasteiger partial charge on any atom is 0.253 e. The molecule has 24 heavy (non-hydrogen) atoms. The summed E-state index contributed by atoms with van der Waals surface area (Å²) >= 11 is 0. The van der Waals surface area contributed by atoms with Crippen molar-refractivity contribution in [3.63, 3.8) is 0 Å². The fraction of sp³-hybridized carbons (Fsp3) is 0.278. The minimum atomic E-state index is -3.43. The van der Waals surface area contributed by atoms with Gasteiger partial charge in [0.15, 0.2) is 0 Å². The molecule has 2 rings (SSSR count). The number of hydrogen-bond donors (Lipinski definition) is 2. The second-order valence-corrected chi connectivity index (χ2v) is 7.30. The molecular formula is C18H22N2O3S. The Kier molecular flexibility index (Phi) is 6.37. The number of amides is 1. The van der Waals surface area contributed by atoms with Crippen LogP contribution in [-0.4, -0.2) is 26.6 Å². The topological polar surface area (TPSA) is 75.3 Å². The SMILES string of the molecule is CCCS(=O)(=O)Nc1ccccc1C(=O)NCCc1ccccc1. The summed E-state index contributed by atoms with van der Waals surface area (Å²) in [6.45, 7) is 2.28. The summed E-state index contributed by atoms with van der Waals surface area (Å²) in [6.07, 6.45) is 1.23. The van der Waals surface area contributed by atoms with Gasteiger partial charge in [0, 0.05) is 6.54 Å². The third kappa shape index (κ3) is 5.38. The molecule has 128 valence electrons.